The molecule has 5 nitrogen and oxygen atoms in total. The third-order valence-corrected chi connectivity index (χ3v) is 6.25. The quantitative estimate of drug-likeness (QED) is 0.753. The lowest BCUT2D eigenvalue weighted by molar-refractivity contribution is -0.124. The molecule has 2 fully saturated rings. The van der Waals surface area contributed by atoms with Gasteiger partial charge in [-0.2, -0.15) is 0 Å². The molecule has 0 radical (unpaired) electrons. The number of amides is 2. The lowest BCUT2D eigenvalue weighted by atomic mass is 10.2. The zero-order valence-corrected chi connectivity index (χ0v) is 15.8. The second kappa shape index (κ2) is 7.65. The Balaban J connectivity index is 1.36. The highest BCUT2D eigenvalue weighted by Crippen LogP contribution is 2.33. The van der Waals surface area contributed by atoms with Gasteiger partial charge in [0.1, 0.15) is 0 Å². The lowest BCUT2D eigenvalue weighted by Crippen LogP contribution is -2.50. The molecule has 4 rings (SSSR count). The molecule has 2 amide bonds. The van der Waals surface area contributed by atoms with Crippen molar-refractivity contribution in [1.82, 2.24) is 9.80 Å². The predicted molar refractivity (Wildman–Crippen MR) is 107 cm³/mol. The topological polar surface area (TPSA) is 43.9 Å². The van der Waals surface area contributed by atoms with Gasteiger partial charge in [-0.15, -0.1) is 11.3 Å². The summed E-state index contributed by atoms with van der Waals surface area (Å²) in [7, 11) is 0. The maximum Gasteiger partial charge on any atom is 0.294 e. The first kappa shape index (κ1) is 17.3. The third kappa shape index (κ3) is 3.70. The Labute approximate surface area is 160 Å². The van der Waals surface area contributed by atoms with Crippen LogP contribution in [0.1, 0.15) is 4.88 Å². The number of hydrogen-bond donors (Lipinski definition) is 0. The van der Waals surface area contributed by atoms with Gasteiger partial charge in [0.15, 0.2) is 0 Å². The van der Waals surface area contributed by atoms with Gasteiger partial charge >= 0.3 is 0 Å². The van der Waals surface area contributed by atoms with Crippen molar-refractivity contribution in [3.63, 3.8) is 0 Å². The van der Waals surface area contributed by atoms with E-state index >= 15 is 0 Å². The fourth-order valence-corrected chi connectivity index (χ4v) is 4.67. The Kier molecular flexibility index (Phi) is 5.10. The van der Waals surface area contributed by atoms with E-state index in [0.717, 1.165) is 42.8 Å². The van der Waals surface area contributed by atoms with Gasteiger partial charge in [-0.05, 0) is 41.4 Å². The highest BCUT2D eigenvalue weighted by molar-refractivity contribution is 8.18. The van der Waals surface area contributed by atoms with Crippen molar-refractivity contribution >= 4 is 46.0 Å². The largest absolute Gasteiger partial charge is 0.369 e. The first-order valence-electron chi connectivity index (χ1n) is 8.52. The summed E-state index contributed by atoms with van der Waals surface area (Å²) in [5.74, 6) is -0.182. The third-order valence-electron chi connectivity index (χ3n) is 4.53. The first-order chi connectivity index (χ1) is 12.7. The summed E-state index contributed by atoms with van der Waals surface area (Å²) in [6.07, 6.45) is 1.81. The van der Waals surface area contributed by atoms with Crippen LogP contribution in [-0.2, 0) is 4.79 Å². The molecule has 134 valence electrons. The summed E-state index contributed by atoms with van der Waals surface area (Å²) in [6.45, 7) is 3.83. The predicted octanol–water partition coefficient (Wildman–Crippen LogP) is 3.56. The van der Waals surface area contributed by atoms with Crippen molar-refractivity contribution in [1.29, 1.82) is 0 Å². The molecule has 3 heterocycles. The summed E-state index contributed by atoms with van der Waals surface area (Å²) >= 11 is 2.59. The van der Waals surface area contributed by atoms with Gasteiger partial charge in [-0.1, -0.05) is 24.3 Å². The molecule has 26 heavy (non-hydrogen) atoms. The van der Waals surface area contributed by atoms with E-state index in [2.05, 4.69) is 21.9 Å². The summed E-state index contributed by atoms with van der Waals surface area (Å²) in [4.78, 5) is 32.2. The second-order valence-electron chi connectivity index (χ2n) is 6.21. The number of anilines is 1. The molecule has 7 heteroatoms. The van der Waals surface area contributed by atoms with Gasteiger partial charge in [-0.25, -0.2) is 0 Å². The number of para-hydroxylation sites is 1. The normalized spacial score (nSPS) is 20.4. The fraction of sp³-hybridized carbons (Fsp3) is 0.263. The Morgan fingerprint density at radius 2 is 1.73 bits per heavy atom. The smallest absolute Gasteiger partial charge is 0.294 e. The van der Waals surface area contributed by atoms with Crippen molar-refractivity contribution < 1.29 is 9.59 Å². The summed E-state index contributed by atoms with van der Waals surface area (Å²) in [6, 6.07) is 14.2. The van der Waals surface area contributed by atoms with E-state index in [-0.39, 0.29) is 11.1 Å². The number of thiophene rings is 1. The van der Waals surface area contributed by atoms with Crippen LogP contribution in [0, 0.1) is 0 Å². The molecule has 0 aliphatic carbocycles. The Hall–Kier alpha value is -2.09. The molecule has 2 aliphatic heterocycles. The van der Waals surface area contributed by atoms with Crippen LogP contribution in [0.25, 0.3) is 6.08 Å². The number of nitrogens with zero attached hydrogens (tertiary/aromatic N) is 3. The molecular weight excluding hydrogens is 366 g/mol. The van der Waals surface area contributed by atoms with Crippen LogP contribution in [0.5, 0.6) is 0 Å². The van der Waals surface area contributed by atoms with Crippen molar-refractivity contribution in [2.45, 2.75) is 0 Å². The monoisotopic (exact) mass is 385 g/mol. The van der Waals surface area contributed by atoms with Crippen molar-refractivity contribution in [3.8, 4) is 0 Å². The van der Waals surface area contributed by atoms with Crippen LogP contribution >= 0.6 is 23.1 Å². The van der Waals surface area contributed by atoms with Gasteiger partial charge in [0.05, 0.1) is 11.6 Å². The molecule has 0 N–H and O–H groups in total. The molecule has 1 aromatic carbocycles. The average molecular weight is 386 g/mol. The van der Waals surface area contributed by atoms with Crippen LogP contribution < -0.4 is 4.90 Å². The van der Waals surface area contributed by atoms with Gasteiger partial charge < -0.3 is 4.90 Å². The fourth-order valence-electron chi connectivity index (χ4n) is 3.11. The van der Waals surface area contributed by atoms with Gasteiger partial charge in [0.2, 0.25) is 0 Å². The zero-order valence-electron chi connectivity index (χ0n) is 14.2. The second-order valence-corrected chi connectivity index (χ2v) is 8.18. The number of carbonyl (C=O) groups excluding carboxylic acids is 2. The molecule has 0 saturated carbocycles. The number of hydrogen-bond acceptors (Lipinski definition) is 6. The van der Waals surface area contributed by atoms with Crippen LogP contribution in [0.15, 0.2) is 52.7 Å². The maximum atomic E-state index is 12.6. The van der Waals surface area contributed by atoms with E-state index in [1.807, 2.05) is 41.8 Å². The standard InChI is InChI=1S/C19H19N3O2S2/c23-18-17(13-16-7-4-12-25-16)26-19(24)22(18)14-20-8-10-21(11-9-20)15-5-2-1-3-6-15/h1-7,12-13H,8-11,14H2. The Bertz CT molecular complexity index is 813. The lowest BCUT2D eigenvalue weighted by Gasteiger charge is -2.37. The molecule has 1 aromatic heterocycles. The minimum Gasteiger partial charge on any atom is -0.369 e. The molecule has 0 spiro atoms. The van der Waals surface area contributed by atoms with E-state index in [9.17, 15) is 9.59 Å². The number of piperazine rings is 1. The number of carbonyl (C=O) groups is 2. The Morgan fingerprint density at radius 3 is 2.42 bits per heavy atom. The van der Waals surface area contributed by atoms with Crippen molar-refractivity contribution in [3.05, 3.63) is 57.6 Å². The number of benzene rings is 1. The molecule has 2 aromatic rings. The molecule has 0 unspecified atom stereocenters. The SMILES string of the molecule is O=C1SC(=Cc2cccs2)C(=O)N1CN1CCN(c2ccccc2)CC1. The highest BCUT2D eigenvalue weighted by atomic mass is 32.2. The molecule has 0 bridgehead atoms. The molecule has 2 saturated heterocycles. The van der Waals surface area contributed by atoms with Gasteiger partial charge in [0, 0.05) is 36.7 Å². The highest BCUT2D eigenvalue weighted by Gasteiger charge is 2.36. The van der Waals surface area contributed by atoms with Crippen LogP contribution in [-0.4, -0.2) is 53.8 Å². The molecule has 2 aliphatic rings. The van der Waals surface area contributed by atoms with Crippen molar-refractivity contribution in [2.24, 2.45) is 0 Å². The Morgan fingerprint density at radius 1 is 0.962 bits per heavy atom. The molecule has 0 atom stereocenters. The van der Waals surface area contributed by atoms with Crippen LogP contribution in [0.3, 0.4) is 0 Å². The van der Waals surface area contributed by atoms with Crippen LogP contribution in [0.4, 0.5) is 10.5 Å². The van der Waals surface area contributed by atoms with E-state index in [0.29, 0.717) is 11.6 Å². The summed E-state index contributed by atoms with van der Waals surface area (Å²) in [5, 5.41) is 1.78. The zero-order chi connectivity index (χ0) is 17.9. The minimum atomic E-state index is -0.182. The average Bonchev–Trinajstić information content (AvgIpc) is 3.27. The minimum absolute atomic E-state index is 0.178. The number of rotatable bonds is 4. The molecular formula is C19H19N3O2S2. The number of thioether (sulfide) groups is 1. The summed E-state index contributed by atoms with van der Waals surface area (Å²) < 4.78 is 0. The van der Waals surface area contributed by atoms with E-state index in [1.54, 1.807) is 11.3 Å². The van der Waals surface area contributed by atoms with Gasteiger partial charge in [-0.3, -0.25) is 19.4 Å². The summed E-state index contributed by atoms with van der Waals surface area (Å²) in [5.41, 5.74) is 1.22. The van der Waals surface area contributed by atoms with Crippen LogP contribution in [0.2, 0.25) is 0 Å². The van der Waals surface area contributed by atoms with E-state index in [4.69, 9.17) is 0 Å². The van der Waals surface area contributed by atoms with Gasteiger partial charge in [0.25, 0.3) is 11.1 Å². The van der Waals surface area contributed by atoms with E-state index in [1.165, 1.54) is 10.6 Å². The van der Waals surface area contributed by atoms with Crippen molar-refractivity contribution in [2.75, 3.05) is 37.7 Å². The van der Waals surface area contributed by atoms with E-state index < -0.39 is 0 Å². The number of imide groups is 1. The first-order valence-corrected chi connectivity index (χ1v) is 10.2. The maximum absolute atomic E-state index is 12.6.